The third kappa shape index (κ3) is 5.77. The molecule has 0 spiro atoms. The molecule has 176 valence electrons. The molecule has 5 nitrogen and oxygen atoms in total. The number of piperazine rings is 1. The molecule has 2 aromatic carbocycles. The van der Waals surface area contributed by atoms with Crippen molar-refractivity contribution < 1.29 is 9.59 Å². The van der Waals surface area contributed by atoms with E-state index in [4.69, 9.17) is 11.6 Å². The number of rotatable bonds is 6. The van der Waals surface area contributed by atoms with Crippen LogP contribution in [0.4, 0.5) is 5.69 Å². The van der Waals surface area contributed by atoms with E-state index in [2.05, 4.69) is 36.2 Å². The van der Waals surface area contributed by atoms with Gasteiger partial charge in [-0.2, -0.15) is 0 Å². The lowest BCUT2D eigenvalue weighted by Crippen LogP contribution is -2.56. The number of hydrogen-bond donors (Lipinski definition) is 1. The standard InChI is InChI=1S/C27H34ClN3O2/c1-19(2)20-10-12-24(13-11-20)29-26(32)25(21-6-3-4-7-21)30-14-16-31(17-15-30)27(33)22-8-5-9-23(28)18-22/h5,8-13,18-19,21,25H,3-4,6-7,14-17H2,1-2H3,(H,29,32)/t25-/m0/s1. The van der Waals surface area contributed by atoms with Crippen molar-refractivity contribution >= 4 is 29.1 Å². The summed E-state index contributed by atoms with van der Waals surface area (Å²) >= 11 is 6.07. The molecule has 1 aliphatic carbocycles. The summed E-state index contributed by atoms with van der Waals surface area (Å²) < 4.78 is 0. The molecule has 33 heavy (non-hydrogen) atoms. The Balaban J connectivity index is 1.42. The molecular formula is C27H34ClN3O2. The topological polar surface area (TPSA) is 52.7 Å². The van der Waals surface area contributed by atoms with Gasteiger partial charge in [-0.15, -0.1) is 0 Å². The Morgan fingerprint density at radius 3 is 2.24 bits per heavy atom. The van der Waals surface area contributed by atoms with Crippen molar-refractivity contribution in [3.05, 3.63) is 64.7 Å². The molecule has 2 aromatic rings. The maximum absolute atomic E-state index is 13.4. The molecule has 2 fully saturated rings. The van der Waals surface area contributed by atoms with Crippen LogP contribution in [0, 0.1) is 5.92 Å². The fraction of sp³-hybridized carbons (Fsp3) is 0.481. The number of nitrogens with zero attached hydrogens (tertiary/aromatic N) is 2. The van der Waals surface area contributed by atoms with Gasteiger partial charge in [0.1, 0.15) is 0 Å². The highest BCUT2D eigenvalue weighted by Crippen LogP contribution is 2.32. The lowest BCUT2D eigenvalue weighted by atomic mass is 9.94. The summed E-state index contributed by atoms with van der Waals surface area (Å²) in [5.41, 5.74) is 2.73. The van der Waals surface area contributed by atoms with Crippen LogP contribution in [0.5, 0.6) is 0 Å². The number of carbonyl (C=O) groups is 2. The van der Waals surface area contributed by atoms with Crippen LogP contribution in [0.2, 0.25) is 5.02 Å². The highest BCUT2D eigenvalue weighted by Gasteiger charge is 2.37. The van der Waals surface area contributed by atoms with E-state index < -0.39 is 0 Å². The van der Waals surface area contributed by atoms with Gasteiger partial charge in [-0.05, 0) is 60.6 Å². The first kappa shape index (κ1) is 23.8. The van der Waals surface area contributed by atoms with Crippen molar-refractivity contribution in [3.8, 4) is 0 Å². The number of amides is 2. The molecule has 1 aliphatic heterocycles. The summed E-state index contributed by atoms with van der Waals surface area (Å²) in [6, 6.07) is 15.1. The number of benzene rings is 2. The predicted molar refractivity (Wildman–Crippen MR) is 134 cm³/mol. The minimum absolute atomic E-state index is 0.00394. The Hall–Kier alpha value is -2.37. The van der Waals surface area contributed by atoms with Crippen molar-refractivity contribution in [1.82, 2.24) is 9.80 Å². The average Bonchev–Trinajstić information content (AvgIpc) is 3.34. The third-order valence-corrected chi connectivity index (χ3v) is 7.26. The Morgan fingerprint density at radius 2 is 1.64 bits per heavy atom. The minimum atomic E-state index is -0.152. The summed E-state index contributed by atoms with van der Waals surface area (Å²) in [7, 11) is 0. The molecule has 1 atom stereocenters. The van der Waals surface area contributed by atoms with Gasteiger partial charge in [0.15, 0.2) is 0 Å². The van der Waals surface area contributed by atoms with Crippen LogP contribution in [0.1, 0.15) is 61.4 Å². The molecule has 2 aliphatic rings. The van der Waals surface area contributed by atoms with Crippen LogP contribution >= 0.6 is 11.6 Å². The molecule has 2 amide bonds. The van der Waals surface area contributed by atoms with Crippen molar-refractivity contribution in [3.63, 3.8) is 0 Å². The second kappa shape index (κ2) is 10.7. The number of halogens is 1. The molecule has 0 radical (unpaired) electrons. The second-order valence-electron chi connectivity index (χ2n) is 9.59. The molecular weight excluding hydrogens is 434 g/mol. The molecule has 1 heterocycles. The van der Waals surface area contributed by atoms with Crippen LogP contribution in [-0.4, -0.2) is 53.8 Å². The Labute approximate surface area is 202 Å². The maximum atomic E-state index is 13.4. The van der Waals surface area contributed by atoms with Crippen LogP contribution in [0.25, 0.3) is 0 Å². The zero-order valence-electron chi connectivity index (χ0n) is 19.6. The van der Waals surface area contributed by atoms with E-state index in [0.29, 0.717) is 48.6 Å². The molecule has 0 aromatic heterocycles. The fourth-order valence-electron chi connectivity index (χ4n) is 5.13. The normalized spacial score (nSPS) is 18.5. The lowest BCUT2D eigenvalue weighted by molar-refractivity contribution is -0.123. The number of anilines is 1. The zero-order valence-corrected chi connectivity index (χ0v) is 20.4. The monoisotopic (exact) mass is 467 g/mol. The van der Waals surface area contributed by atoms with E-state index in [0.717, 1.165) is 18.5 Å². The van der Waals surface area contributed by atoms with Gasteiger partial charge in [-0.1, -0.05) is 56.5 Å². The average molecular weight is 468 g/mol. The fourth-order valence-corrected chi connectivity index (χ4v) is 5.32. The van der Waals surface area contributed by atoms with E-state index in [9.17, 15) is 9.59 Å². The van der Waals surface area contributed by atoms with Crippen LogP contribution in [0.15, 0.2) is 48.5 Å². The van der Waals surface area contributed by atoms with E-state index in [1.807, 2.05) is 17.0 Å². The number of hydrogen-bond acceptors (Lipinski definition) is 3. The minimum Gasteiger partial charge on any atom is -0.336 e. The van der Waals surface area contributed by atoms with Gasteiger partial charge in [0.25, 0.3) is 5.91 Å². The molecule has 1 saturated carbocycles. The van der Waals surface area contributed by atoms with Gasteiger partial charge < -0.3 is 10.2 Å². The molecule has 1 saturated heterocycles. The van der Waals surface area contributed by atoms with Crippen LogP contribution < -0.4 is 5.32 Å². The predicted octanol–water partition coefficient (Wildman–Crippen LogP) is 5.42. The number of carbonyl (C=O) groups excluding carboxylic acids is 2. The molecule has 0 bridgehead atoms. The first-order chi connectivity index (χ1) is 15.9. The van der Waals surface area contributed by atoms with Crippen molar-refractivity contribution in [2.75, 3.05) is 31.5 Å². The molecule has 1 N–H and O–H groups in total. The Morgan fingerprint density at radius 1 is 0.970 bits per heavy atom. The summed E-state index contributed by atoms with van der Waals surface area (Å²) in [6.45, 7) is 6.97. The van der Waals surface area contributed by atoms with Gasteiger partial charge in [0.05, 0.1) is 6.04 Å². The van der Waals surface area contributed by atoms with E-state index in [1.54, 1.807) is 24.3 Å². The quantitative estimate of drug-likeness (QED) is 0.617. The molecule has 0 unspecified atom stereocenters. The zero-order chi connectivity index (χ0) is 23.4. The first-order valence-electron chi connectivity index (χ1n) is 12.1. The van der Waals surface area contributed by atoms with Gasteiger partial charge in [0.2, 0.25) is 5.91 Å². The first-order valence-corrected chi connectivity index (χ1v) is 12.5. The maximum Gasteiger partial charge on any atom is 0.253 e. The van der Waals surface area contributed by atoms with Crippen LogP contribution in [-0.2, 0) is 4.79 Å². The summed E-state index contributed by atoms with van der Waals surface area (Å²) in [6.07, 6.45) is 4.55. The molecule has 6 heteroatoms. The summed E-state index contributed by atoms with van der Waals surface area (Å²) in [5.74, 6) is 0.917. The second-order valence-corrected chi connectivity index (χ2v) is 10.0. The third-order valence-electron chi connectivity index (χ3n) is 7.03. The van der Waals surface area contributed by atoms with E-state index in [1.165, 1.54) is 18.4 Å². The van der Waals surface area contributed by atoms with Gasteiger partial charge in [0, 0.05) is 42.5 Å². The van der Waals surface area contributed by atoms with E-state index in [-0.39, 0.29) is 17.9 Å². The Bertz CT molecular complexity index is 962. The smallest absolute Gasteiger partial charge is 0.253 e. The van der Waals surface area contributed by atoms with Gasteiger partial charge >= 0.3 is 0 Å². The van der Waals surface area contributed by atoms with E-state index >= 15 is 0 Å². The summed E-state index contributed by atoms with van der Waals surface area (Å²) in [5, 5.41) is 3.74. The highest BCUT2D eigenvalue weighted by molar-refractivity contribution is 6.30. The molecule has 4 rings (SSSR count). The highest BCUT2D eigenvalue weighted by atomic mass is 35.5. The summed E-state index contributed by atoms with van der Waals surface area (Å²) in [4.78, 5) is 30.5. The SMILES string of the molecule is CC(C)c1ccc(NC(=O)[C@H](C2CCCC2)N2CCN(C(=O)c3cccc(Cl)c3)CC2)cc1. The lowest BCUT2D eigenvalue weighted by Gasteiger charge is -2.40. The number of nitrogens with one attached hydrogen (secondary N) is 1. The van der Waals surface area contributed by atoms with Gasteiger partial charge in [-0.3, -0.25) is 14.5 Å². The van der Waals surface area contributed by atoms with Crippen LogP contribution in [0.3, 0.4) is 0 Å². The van der Waals surface area contributed by atoms with Gasteiger partial charge in [-0.25, -0.2) is 0 Å². The van der Waals surface area contributed by atoms with Crippen molar-refractivity contribution in [1.29, 1.82) is 0 Å². The van der Waals surface area contributed by atoms with Crippen molar-refractivity contribution in [2.24, 2.45) is 5.92 Å². The Kier molecular flexibility index (Phi) is 7.71. The van der Waals surface area contributed by atoms with Crippen molar-refractivity contribution in [2.45, 2.75) is 51.5 Å². The largest absolute Gasteiger partial charge is 0.336 e.